The molecule has 1 amide bonds. The maximum absolute atomic E-state index is 11.9. The molecule has 6 heteroatoms. The third-order valence-electron chi connectivity index (χ3n) is 3.61. The highest BCUT2D eigenvalue weighted by atomic mass is 35.5. The van der Waals surface area contributed by atoms with E-state index in [9.17, 15) is 4.79 Å². The van der Waals surface area contributed by atoms with E-state index < -0.39 is 0 Å². The fraction of sp³-hybridized carbons (Fsp3) is 0.538. The van der Waals surface area contributed by atoms with Crippen LogP contribution in [0.4, 0.5) is 0 Å². The SMILES string of the molecule is CNC(=O)C1(C)CCN(Cc2ccc(Cl)nc2Cl)C1. The predicted molar refractivity (Wildman–Crippen MR) is 76.3 cm³/mol. The van der Waals surface area contributed by atoms with E-state index in [2.05, 4.69) is 15.2 Å². The predicted octanol–water partition coefficient (Wildman–Crippen LogP) is 2.35. The summed E-state index contributed by atoms with van der Waals surface area (Å²) in [5.41, 5.74) is 0.619. The smallest absolute Gasteiger partial charge is 0.227 e. The molecule has 0 aromatic carbocycles. The summed E-state index contributed by atoms with van der Waals surface area (Å²) in [7, 11) is 1.68. The van der Waals surface area contributed by atoms with Crippen LogP contribution in [0.25, 0.3) is 0 Å². The lowest BCUT2D eigenvalue weighted by molar-refractivity contribution is -0.129. The third kappa shape index (κ3) is 3.19. The Morgan fingerprint density at radius 3 is 2.89 bits per heavy atom. The largest absolute Gasteiger partial charge is 0.359 e. The quantitative estimate of drug-likeness (QED) is 0.872. The van der Waals surface area contributed by atoms with Crippen LogP contribution in [0.15, 0.2) is 12.1 Å². The number of halogens is 2. The third-order valence-corrected chi connectivity index (χ3v) is 4.15. The molecule has 2 rings (SSSR count). The van der Waals surface area contributed by atoms with Gasteiger partial charge in [0.05, 0.1) is 5.41 Å². The van der Waals surface area contributed by atoms with Gasteiger partial charge in [0.25, 0.3) is 0 Å². The van der Waals surface area contributed by atoms with E-state index in [0.717, 1.165) is 25.1 Å². The Morgan fingerprint density at radius 2 is 2.26 bits per heavy atom. The van der Waals surface area contributed by atoms with Crippen LogP contribution in [-0.2, 0) is 11.3 Å². The number of amides is 1. The van der Waals surface area contributed by atoms with Gasteiger partial charge in [-0.15, -0.1) is 0 Å². The maximum atomic E-state index is 11.9. The molecule has 0 saturated carbocycles. The lowest BCUT2D eigenvalue weighted by Gasteiger charge is -2.22. The number of hydrogen-bond donors (Lipinski definition) is 1. The van der Waals surface area contributed by atoms with Crippen molar-refractivity contribution in [2.24, 2.45) is 5.41 Å². The molecule has 0 aliphatic carbocycles. The number of carbonyl (C=O) groups is 1. The van der Waals surface area contributed by atoms with Crippen molar-refractivity contribution >= 4 is 29.1 Å². The molecule has 4 nitrogen and oxygen atoms in total. The molecular weight excluding hydrogens is 285 g/mol. The monoisotopic (exact) mass is 301 g/mol. The first-order valence-electron chi connectivity index (χ1n) is 6.20. The number of pyridine rings is 1. The second-order valence-electron chi connectivity index (χ2n) is 5.18. The summed E-state index contributed by atoms with van der Waals surface area (Å²) < 4.78 is 0. The van der Waals surface area contributed by atoms with Gasteiger partial charge in [-0.2, -0.15) is 0 Å². The first-order chi connectivity index (χ1) is 8.94. The first kappa shape index (κ1) is 14.6. The molecule has 1 saturated heterocycles. The highest BCUT2D eigenvalue weighted by Gasteiger charge is 2.39. The average molecular weight is 302 g/mol. The summed E-state index contributed by atoms with van der Waals surface area (Å²) in [5.74, 6) is 0.0929. The van der Waals surface area contributed by atoms with Crippen LogP contribution in [0, 0.1) is 5.41 Å². The molecule has 19 heavy (non-hydrogen) atoms. The molecule has 1 aliphatic heterocycles. The van der Waals surface area contributed by atoms with Crippen LogP contribution >= 0.6 is 23.2 Å². The van der Waals surface area contributed by atoms with Crippen molar-refractivity contribution in [2.45, 2.75) is 19.9 Å². The minimum Gasteiger partial charge on any atom is -0.359 e. The van der Waals surface area contributed by atoms with Crippen molar-refractivity contribution < 1.29 is 4.79 Å². The maximum Gasteiger partial charge on any atom is 0.227 e. The molecule has 1 aliphatic rings. The van der Waals surface area contributed by atoms with Gasteiger partial charge in [-0.3, -0.25) is 9.69 Å². The van der Waals surface area contributed by atoms with Gasteiger partial charge < -0.3 is 5.32 Å². The van der Waals surface area contributed by atoms with Crippen LogP contribution < -0.4 is 5.32 Å². The van der Waals surface area contributed by atoms with Crippen LogP contribution in [-0.4, -0.2) is 35.9 Å². The summed E-state index contributed by atoms with van der Waals surface area (Å²) in [6, 6.07) is 3.62. The molecule has 0 radical (unpaired) electrons. The van der Waals surface area contributed by atoms with Crippen molar-refractivity contribution in [2.75, 3.05) is 20.1 Å². The van der Waals surface area contributed by atoms with E-state index in [1.165, 1.54) is 0 Å². The second-order valence-corrected chi connectivity index (χ2v) is 5.93. The fourth-order valence-corrected chi connectivity index (χ4v) is 2.88. The number of carbonyl (C=O) groups excluding carboxylic acids is 1. The zero-order valence-electron chi connectivity index (χ0n) is 11.0. The molecule has 1 aromatic heterocycles. The molecule has 1 fully saturated rings. The standard InChI is InChI=1S/C13H17Cl2N3O/c1-13(12(19)16-2)5-6-18(8-13)7-9-3-4-10(14)17-11(9)15/h3-4H,5-8H2,1-2H3,(H,16,19). The van der Waals surface area contributed by atoms with Crippen molar-refractivity contribution in [3.63, 3.8) is 0 Å². The van der Waals surface area contributed by atoms with E-state index in [0.29, 0.717) is 16.9 Å². The molecule has 1 aromatic rings. The molecule has 1 unspecified atom stereocenters. The molecule has 1 N–H and O–H groups in total. The normalized spacial score (nSPS) is 23.6. The van der Waals surface area contributed by atoms with Gasteiger partial charge in [0.15, 0.2) is 0 Å². The minimum atomic E-state index is -0.318. The number of hydrogen-bond acceptors (Lipinski definition) is 3. The van der Waals surface area contributed by atoms with Crippen LogP contribution in [0.3, 0.4) is 0 Å². The zero-order valence-corrected chi connectivity index (χ0v) is 12.6. The summed E-state index contributed by atoms with van der Waals surface area (Å²) in [4.78, 5) is 18.1. The molecular formula is C13H17Cl2N3O. The van der Waals surface area contributed by atoms with E-state index in [1.54, 1.807) is 13.1 Å². The summed E-state index contributed by atoms with van der Waals surface area (Å²) in [6.45, 7) is 4.29. The first-order valence-corrected chi connectivity index (χ1v) is 6.96. The van der Waals surface area contributed by atoms with E-state index in [4.69, 9.17) is 23.2 Å². The zero-order chi connectivity index (χ0) is 14.0. The van der Waals surface area contributed by atoms with Crippen LogP contribution in [0.2, 0.25) is 10.3 Å². The Balaban J connectivity index is 2.04. The van der Waals surface area contributed by atoms with Gasteiger partial charge in [-0.1, -0.05) is 29.3 Å². The van der Waals surface area contributed by atoms with Gasteiger partial charge >= 0.3 is 0 Å². The van der Waals surface area contributed by atoms with Gasteiger partial charge in [0.1, 0.15) is 10.3 Å². The molecule has 0 spiro atoms. The van der Waals surface area contributed by atoms with E-state index in [1.807, 2.05) is 13.0 Å². The van der Waals surface area contributed by atoms with Crippen molar-refractivity contribution in [1.82, 2.24) is 15.2 Å². The summed E-state index contributed by atoms with van der Waals surface area (Å²) in [5, 5.41) is 3.55. The number of likely N-dealkylation sites (tertiary alicyclic amines) is 1. The van der Waals surface area contributed by atoms with Crippen LogP contribution in [0.5, 0.6) is 0 Å². The fourth-order valence-electron chi connectivity index (χ4n) is 2.48. The van der Waals surface area contributed by atoms with Crippen LogP contribution in [0.1, 0.15) is 18.9 Å². The number of nitrogens with one attached hydrogen (secondary N) is 1. The number of rotatable bonds is 3. The second kappa shape index (κ2) is 5.65. The lowest BCUT2D eigenvalue weighted by atomic mass is 9.89. The van der Waals surface area contributed by atoms with Crippen molar-refractivity contribution in [3.8, 4) is 0 Å². The van der Waals surface area contributed by atoms with Crippen molar-refractivity contribution in [3.05, 3.63) is 28.0 Å². The van der Waals surface area contributed by atoms with Gasteiger partial charge in [0.2, 0.25) is 5.91 Å². The Hall–Kier alpha value is -0.840. The van der Waals surface area contributed by atoms with Crippen molar-refractivity contribution in [1.29, 1.82) is 0 Å². The van der Waals surface area contributed by atoms with E-state index in [-0.39, 0.29) is 11.3 Å². The Morgan fingerprint density at radius 1 is 1.53 bits per heavy atom. The highest BCUT2D eigenvalue weighted by Crippen LogP contribution is 2.31. The summed E-state index contributed by atoms with van der Waals surface area (Å²) >= 11 is 11.8. The highest BCUT2D eigenvalue weighted by molar-refractivity contribution is 6.32. The topological polar surface area (TPSA) is 45.2 Å². The molecule has 2 heterocycles. The van der Waals surface area contributed by atoms with Gasteiger partial charge in [-0.05, 0) is 26.0 Å². The minimum absolute atomic E-state index is 0.0929. The number of aromatic nitrogens is 1. The molecule has 104 valence electrons. The molecule has 1 atom stereocenters. The lowest BCUT2D eigenvalue weighted by Crippen LogP contribution is -2.39. The Kier molecular flexibility index (Phi) is 4.33. The van der Waals surface area contributed by atoms with Gasteiger partial charge in [0, 0.05) is 25.7 Å². The number of nitrogens with zero attached hydrogens (tertiary/aromatic N) is 2. The van der Waals surface area contributed by atoms with E-state index >= 15 is 0 Å². The van der Waals surface area contributed by atoms with Gasteiger partial charge in [-0.25, -0.2) is 4.98 Å². The Bertz CT molecular complexity index is 495. The Labute approximate surface area is 123 Å². The molecule has 0 bridgehead atoms. The summed E-state index contributed by atoms with van der Waals surface area (Å²) in [6.07, 6.45) is 0.852. The average Bonchev–Trinajstić information content (AvgIpc) is 2.75.